The molecule has 5 nitrogen and oxygen atoms in total. The second kappa shape index (κ2) is 4.47. The highest BCUT2D eigenvalue weighted by Gasteiger charge is 2.32. The van der Waals surface area contributed by atoms with Crippen molar-refractivity contribution < 1.29 is 4.79 Å². The van der Waals surface area contributed by atoms with Gasteiger partial charge in [0.15, 0.2) is 0 Å². The zero-order valence-electron chi connectivity index (χ0n) is 10.9. The van der Waals surface area contributed by atoms with E-state index in [0.29, 0.717) is 17.8 Å². The molecular weight excluding hydrogens is 216 g/mol. The molecule has 5 heteroatoms. The zero-order valence-corrected chi connectivity index (χ0v) is 10.9. The monoisotopic (exact) mass is 236 g/mol. The van der Waals surface area contributed by atoms with E-state index in [-0.39, 0.29) is 11.8 Å². The fourth-order valence-electron chi connectivity index (χ4n) is 2.34. The van der Waals surface area contributed by atoms with Gasteiger partial charge < -0.3 is 4.90 Å². The van der Waals surface area contributed by atoms with Crippen LogP contribution in [0.5, 0.6) is 0 Å². The van der Waals surface area contributed by atoms with E-state index in [0.717, 1.165) is 18.8 Å². The van der Waals surface area contributed by atoms with Gasteiger partial charge in [-0.15, -0.1) is 5.10 Å². The van der Waals surface area contributed by atoms with Gasteiger partial charge in [0.2, 0.25) is 5.82 Å². The Hall–Kier alpha value is -1.39. The lowest BCUT2D eigenvalue weighted by atomic mass is 10.1. The molecule has 0 aromatic carbocycles. The Bertz CT molecular complexity index is 412. The van der Waals surface area contributed by atoms with E-state index in [4.69, 9.17) is 0 Å². The Morgan fingerprint density at radius 2 is 2.18 bits per heavy atom. The second-order valence-corrected chi connectivity index (χ2v) is 5.35. The molecule has 17 heavy (non-hydrogen) atoms. The first-order chi connectivity index (χ1) is 7.99. The van der Waals surface area contributed by atoms with Crippen molar-refractivity contribution in [1.82, 2.24) is 20.1 Å². The lowest BCUT2D eigenvalue weighted by Crippen LogP contribution is -2.34. The minimum atomic E-state index is -0.0509. The van der Waals surface area contributed by atoms with Crippen molar-refractivity contribution in [1.29, 1.82) is 0 Å². The maximum Gasteiger partial charge on any atom is 0.293 e. The van der Waals surface area contributed by atoms with Crippen molar-refractivity contribution in [2.75, 3.05) is 6.54 Å². The minimum Gasteiger partial charge on any atom is -0.333 e. The molecule has 1 saturated heterocycles. The van der Waals surface area contributed by atoms with E-state index in [2.05, 4.69) is 29.0 Å². The quantitative estimate of drug-likeness (QED) is 0.851. The predicted octanol–water partition coefficient (Wildman–Crippen LogP) is 1.80. The van der Waals surface area contributed by atoms with Crippen LogP contribution < -0.4 is 0 Å². The molecule has 1 amide bonds. The number of H-pyrrole nitrogens is 1. The third-order valence-corrected chi connectivity index (χ3v) is 3.29. The topological polar surface area (TPSA) is 61.9 Å². The summed E-state index contributed by atoms with van der Waals surface area (Å²) in [6.07, 6.45) is 1.06. The second-order valence-electron chi connectivity index (χ2n) is 5.35. The van der Waals surface area contributed by atoms with Gasteiger partial charge in [-0.25, -0.2) is 4.98 Å². The average Bonchev–Trinajstić information content (AvgIpc) is 2.84. The number of aromatic nitrogens is 3. The number of carbonyl (C=O) groups is 1. The van der Waals surface area contributed by atoms with Gasteiger partial charge in [-0.05, 0) is 19.3 Å². The molecule has 94 valence electrons. The Labute approximate surface area is 102 Å². The van der Waals surface area contributed by atoms with Crippen LogP contribution in [0, 0.1) is 5.92 Å². The standard InChI is InChI=1S/C12H20N4O/c1-7(2)10-13-11(15-14-10)12(17)16-6-8(3)5-9(16)4/h7-9H,5-6H2,1-4H3,(H,13,14,15). The predicted molar refractivity (Wildman–Crippen MR) is 64.8 cm³/mol. The van der Waals surface area contributed by atoms with E-state index in [1.807, 2.05) is 18.7 Å². The van der Waals surface area contributed by atoms with Crippen molar-refractivity contribution in [2.24, 2.45) is 5.92 Å². The SMILES string of the molecule is CC1CC(C)N(C(=O)c2n[nH]c(C(C)C)n2)C1. The molecule has 2 rings (SSSR count). The van der Waals surface area contributed by atoms with E-state index in [1.54, 1.807) is 0 Å². The molecule has 0 radical (unpaired) electrons. The molecule has 2 unspecified atom stereocenters. The summed E-state index contributed by atoms with van der Waals surface area (Å²) in [5.74, 6) is 1.85. The van der Waals surface area contributed by atoms with Crippen molar-refractivity contribution in [3.8, 4) is 0 Å². The maximum absolute atomic E-state index is 12.2. The summed E-state index contributed by atoms with van der Waals surface area (Å²) >= 11 is 0. The molecule has 2 heterocycles. The number of nitrogens with one attached hydrogen (secondary N) is 1. The van der Waals surface area contributed by atoms with E-state index in [1.165, 1.54) is 0 Å². The molecule has 1 aliphatic heterocycles. The molecule has 0 saturated carbocycles. The summed E-state index contributed by atoms with van der Waals surface area (Å²) in [5.41, 5.74) is 0. The number of aromatic amines is 1. The Morgan fingerprint density at radius 3 is 2.65 bits per heavy atom. The maximum atomic E-state index is 12.2. The summed E-state index contributed by atoms with van der Waals surface area (Å²) in [6.45, 7) is 9.11. The van der Waals surface area contributed by atoms with Crippen LogP contribution in [0.1, 0.15) is 56.5 Å². The molecule has 0 bridgehead atoms. The Kier molecular flexibility index (Phi) is 3.17. The summed E-state index contributed by atoms with van der Waals surface area (Å²) in [6, 6.07) is 0.290. The number of hydrogen-bond acceptors (Lipinski definition) is 3. The number of likely N-dealkylation sites (tertiary alicyclic amines) is 1. The van der Waals surface area contributed by atoms with Crippen molar-refractivity contribution in [3.05, 3.63) is 11.6 Å². The van der Waals surface area contributed by atoms with Crippen LogP contribution in [-0.2, 0) is 0 Å². The van der Waals surface area contributed by atoms with Crippen LogP contribution in [0.4, 0.5) is 0 Å². The minimum absolute atomic E-state index is 0.0509. The summed E-state index contributed by atoms with van der Waals surface area (Å²) in [4.78, 5) is 18.3. The van der Waals surface area contributed by atoms with Crippen LogP contribution >= 0.6 is 0 Å². The molecule has 1 aromatic rings. The third kappa shape index (κ3) is 2.33. The lowest BCUT2D eigenvalue weighted by Gasteiger charge is -2.19. The van der Waals surface area contributed by atoms with Gasteiger partial charge in [-0.2, -0.15) is 0 Å². The number of hydrogen-bond donors (Lipinski definition) is 1. The van der Waals surface area contributed by atoms with E-state index in [9.17, 15) is 4.79 Å². The zero-order chi connectivity index (χ0) is 12.6. The molecule has 0 aliphatic carbocycles. The number of nitrogens with zero attached hydrogens (tertiary/aromatic N) is 3. The van der Waals surface area contributed by atoms with Crippen LogP contribution in [0.3, 0.4) is 0 Å². The first kappa shape index (κ1) is 12.1. The summed E-state index contributed by atoms with van der Waals surface area (Å²) < 4.78 is 0. The van der Waals surface area contributed by atoms with Crippen LogP contribution in [0.2, 0.25) is 0 Å². The molecule has 0 spiro atoms. The van der Waals surface area contributed by atoms with Gasteiger partial charge in [-0.1, -0.05) is 20.8 Å². The lowest BCUT2D eigenvalue weighted by molar-refractivity contribution is 0.0731. The van der Waals surface area contributed by atoms with E-state index < -0.39 is 0 Å². The van der Waals surface area contributed by atoms with Crippen molar-refractivity contribution in [3.63, 3.8) is 0 Å². The average molecular weight is 236 g/mol. The van der Waals surface area contributed by atoms with Crippen LogP contribution in [-0.4, -0.2) is 38.6 Å². The van der Waals surface area contributed by atoms with Crippen LogP contribution in [0.15, 0.2) is 0 Å². The van der Waals surface area contributed by atoms with Crippen molar-refractivity contribution in [2.45, 2.75) is 46.1 Å². The van der Waals surface area contributed by atoms with Crippen LogP contribution in [0.25, 0.3) is 0 Å². The van der Waals surface area contributed by atoms with Gasteiger partial charge in [0.05, 0.1) is 0 Å². The van der Waals surface area contributed by atoms with E-state index >= 15 is 0 Å². The van der Waals surface area contributed by atoms with Gasteiger partial charge >= 0.3 is 0 Å². The first-order valence-electron chi connectivity index (χ1n) is 6.22. The van der Waals surface area contributed by atoms with Gasteiger partial charge in [-0.3, -0.25) is 9.89 Å². The molecule has 1 fully saturated rings. The normalized spacial score (nSPS) is 24.6. The fourth-order valence-corrected chi connectivity index (χ4v) is 2.34. The van der Waals surface area contributed by atoms with Gasteiger partial charge in [0.1, 0.15) is 5.82 Å². The van der Waals surface area contributed by atoms with Gasteiger partial charge in [0, 0.05) is 18.5 Å². The van der Waals surface area contributed by atoms with Gasteiger partial charge in [0.25, 0.3) is 5.91 Å². The number of amides is 1. The third-order valence-electron chi connectivity index (χ3n) is 3.29. The highest BCUT2D eigenvalue weighted by Crippen LogP contribution is 2.23. The Balaban J connectivity index is 2.14. The fraction of sp³-hybridized carbons (Fsp3) is 0.750. The molecule has 1 N–H and O–H groups in total. The molecular formula is C12H20N4O. The first-order valence-corrected chi connectivity index (χ1v) is 6.22. The summed E-state index contributed by atoms with van der Waals surface area (Å²) in [7, 11) is 0. The number of carbonyl (C=O) groups excluding carboxylic acids is 1. The highest BCUT2D eigenvalue weighted by molar-refractivity contribution is 5.90. The Morgan fingerprint density at radius 1 is 1.47 bits per heavy atom. The largest absolute Gasteiger partial charge is 0.333 e. The molecule has 1 aliphatic rings. The smallest absolute Gasteiger partial charge is 0.293 e. The van der Waals surface area contributed by atoms with Crippen molar-refractivity contribution >= 4 is 5.91 Å². The summed E-state index contributed by atoms with van der Waals surface area (Å²) in [5, 5.41) is 6.84. The highest BCUT2D eigenvalue weighted by atomic mass is 16.2. The number of rotatable bonds is 2. The molecule has 1 aromatic heterocycles. The molecule has 2 atom stereocenters.